The smallest absolute Gasteiger partial charge is 0.148 e. The van der Waals surface area contributed by atoms with E-state index in [1.165, 1.54) is 6.07 Å². The quantitative estimate of drug-likeness (QED) is 0.638. The minimum atomic E-state index is -0.299. The standard InChI is InChI=1S/C8H11FN2/c1-2-11-8-6(9)4-3-5-7(8)10/h3-5,11H,2,10H2,1H3. The molecule has 0 bridgehead atoms. The highest BCUT2D eigenvalue weighted by Gasteiger charge is 2.02. The topological polar surface area (TPSA) is 38.0 Å². The van der Waals surface area contributed by atoms with Crippen molar-refractivity contribution < 1.29 is 4.39 Å². The largest absolute Gasteiger partial charge is 0.397 e. The lowest BCUT2D eigenvalue weighted by Crippen LogP contribution is -2.02. The van der Waals surface area contributed by atoms with Crippen LogP contribution in [-0.2, 0) is 0 Å². The fourth-order valence-corrected chi connectivity index (χ4v) is 0.904. The van der Waals surface area contributed by atoms with Gasteiger partial charge in [-0.3, -0.25) is 0 Å². The number of nitrogen functional groups attached to an aromatic ring is 1. The molecule has 1 rings (SSSR count). The summed E-state index contributed by atoms with van der Waals surface area (Å²) >= 11 is 0. The lowest BCUT2D eigenvalue weighted by Gasteiger charge is -2.06. The summed E-state index contributed by atoms with van der Waals surface area (Å²) in [5, 5.41) is 2.84. The third kappa shape index (κ3) is 1.61. The Morgan fingerprint density at radius 1 is 1.55 bits per heavy atom. The van der Waals surface area contributed by atoms with Gasteiger partial charge in [0.15, 0.2) is 0 Å². The summed E-state index contributed by atoms with van der Waals surface area (Å²) in [7, 11) is 0. The third-order valence-electron chi connectivity index (χ3n) is 1.40. The highest BCUT2D eigenvalue weighted by Crippen LogP contribution is 2.20. The number of nitrogens with two attached hydrogens (primary N) is 1. The van der Waals surface area contributed by atoms with Crippen molar-refractivity contribution in [1.29, 1.82) is 0 Å². The molecule has 0 saturated carbocycles. The van der Waals surface area contributed by atoms with Gasteiger partial charge in [0, 0.05) is 6.54 Å². The van der Waals surface area contributed by atoms with E-state index in [2.05, 4.69) is 5.32 Å². The number of nitrogens with one attached hydrogen (secondary N) is 1. The molecule has 0 amide bonds. The minimum absolute atomic E-state index is 0.299. The van der Waals surface area contributed by atoms with Crippen LogP contribution >= 0.6 is 0 Å². The Hall–Kier alpha value is -1.25. The molecule has 1 aromatic carbocycles. The summed E-state index contributed by atoms with van der Waals surface area (Å²) in [6, 6.07) is 4.64. The van der Waals surface area contributed by atoms with Gasteiger partial charge in [0.05, 0.1) is 11.4 Å². The summed E-state index contributed by atoms with van der Waals surface area (Å²) < 4.78 is 12.9. The van der Waals surface area contributed by atoms with Gasteiger partial charge in [0.1, 0.15) is 5.82 Å². The van der Waals surface area contributed by atoms with Gasteiger partial charge in [-0.15, -0.1) is 0 Å². The molecule has 1 aromatic rings. The highest BCUT2D eigenvalue weighted by atomic mass is 19.1. The second-order valence-electron chi connectivity index (χ2n) is 2.23. The zero-order chi connectivity index (χ0) is 8.27. The van der Waals surface area contributed by atoms with E-state index in [-0.39, 0.29) is 5.82 Å². The van der Waals surface area contributed by atoms with E-state index in [1.54, 1.807) is 12.1 Å². The van der Waals surface area contributed by atoms with Crippen molar-refractivity contribution in [2.45, 2.75) is 6.92 Å². The maximum atomic E-state index is 12.9. The first-order valence-electron chi connectivity index (χ1n) is 3.53. The van der Waals surface area contributed by atoms with Crippen molar-refractivity contribution in [3.8, 4) is 0 Å². The molecule has 11 heavy (non-hydrogen) atoms. The van der Waals surface area contributed by atoms with Crippen LogP contribution in [0.3, 0.4) is 0 Å². The lowest BCUT2D eigenvalue weighted by atomic mass is 10.2. The van der Waals surface area contributed by atoms with E-state index in [9.17, 15) is 4.39 Å². The van der Waals surface area contributed by atoms with Crippen LogP contribution in [0.1, 0.15) is 6.92 Å². The molecule has 3 N–H and O–H groups in total. The Morgan fingerprint density at radius 3 is 2.82 bits per heavy atom. The Kier molecular flexibility index (Phi) is 2.31. The van der Waals surface area contributed by atoms with Crippen molar-refractivity contribution >= 4 is 11.4 Å². The number of rotatable bonds is 2. The van der Waals surface area contributed by atoms with E-state index in [0.717, 1.165) is 0 Å². The first kappa shape index (κ1) is 7.85. The Balaban J connectivity index is 3.00. The van der Waals surface area contributed by atoms with Gasteiger partial charge in [0.2, 0.25) is 0 Å². The van der Waals surface area contributed by atoms with Gasteiger partial charge in [-0.1, -0.05) is 6.07 Å². The van der Waals surface area contributed by atoms with E-state index in [1.807, 2.05) is 6.92 Å². The molecule has 3 heteroatoms. The Morgan fingerprint density at radius 2 is 2.27 bits per heavy atom. The molecule has 0 aromatic heterocycles. The second-order valence-corrected chi connectivity index (χ2v) is 2.23. The Bertz CT molecular complexity index is 228. The predicted molar refractivity (Wildman–Crippen MR) is 45.0 cm³/mol. The normalized spacial score (nSPS) is 9.64. The zero-order valence-electron chi connectivity index (χ0n) is 6.39. The van der Waals surface area contributed by atoms with Crippen LogP contribution in [-0.4, -0.2) is 6.54 Å². The fourth-order valence-electron chi connectivity index (χ4n) is 0.904. The molecular weight excluding hydrogens is 143 g/mol. The molecule has 0 spiro atoms. The first-order chi connectivity index (χ1) is 5.25. The zero-order valence-corrected chi connectivity index (χ0v) is 6.39. The lowest BCUT2D eigenvalue weighted by molar-refractivity contribution is 0.631. The maximum absolute atomic E-state index is 12.9. The van der Waals surface area contributed by atoms with Crippen molar-refractivity contribution in [1.82, 2.24) is 0 Å². The fraction of sp³-hybridized carbons (Fsp3) is 0.250. The SMILES string of the molecule is CCNc1c(N)cccc1F. The highest BCUT2D eigenvalue weighted by molar-refractivity contribution is 5.66. The molecule has 0 saturated heterocycles. The van der Waals surface area contributed by atoms with Gasteiger partial charge in [-0.05, 0) is 19.1 Å². The van der Waals surface area contributed by atoms with Gasteiger partial charge in [-0.25, -0.2) is 4.39 Å². The molecule has 0 radical (unpaired) electrons. The summed E-state index contributed by atoms with van der Waals surface area (Å²) in [5.41, 5.74) is 6.35. The van der Waals surface area contributed by atoms with E-state index < -0.39 is 0 Å². The van der Waals surface area contributed by atoms with Crippen LogP contribution in [0.25, 0.3) is 0 Å². The molecule has 0 unspecified atom stereocenters. The van der Waals surface area contributed by atoms with E-state index in [0.29, 0.717) is 17.9 Å². The molecule has 0 atom stereocenters. The molecule has 0 aliphatic heterocycles. The van der Waals surface area contributed by atoms with Crippen LogP contribution in [0.5, 0.6) is 0 Å². The molecular formula is C8H11FN2. The number of hydrogen-bond donors (Lipinski definition) is 2. The average Bonchev–Trinajstić information content (AvgIpc) is 1.97. The van der Waals surface area contributed by atoms with Gasteiger partial charge in [0.25, 0.3) is 0 Å². The first-order valence-corrected chi connectivity index (χ1v) is 3.53. The van der Waals surface area contributed by atoms with E-state index >= 15 is 0 Å². The second kappa shape index (κ2) is 3.23. The van der Waals surface area contributed by atoms with Crippen LogP contribution in [0.2, 0.25) is 0 Å². The van der Waals surface area contributed by atoms with E-state index in [4.69, 9.17) is 5.73 Å². The third-order valence-corrected chi connectivity index (χ3v) is 1.40. The van der Waals surface area contributed by atoms with Crippen molar-refractivity contribution in [2.75, 3.05) is 17.6 Å². The van der Waals surface area contributed by atoms with Crippen LogP contribution in [0.15, 0.2) is 18.2 Å². The monoisotopic (exact) mass is 154 g/mol. The summed E-state index contributed by atoms with van der Waals surface area (Å²) in [4.78, 5) is 0. The maximum Gasteiger partial charge on any atom is 0.148 e. The minimum Gasteiger partial charge on any atom is -0.397 e. The molecule has 0 aliphatic carbocycles. The molecule has 60 valence electrons. The number of hydrogen-bond acceptors (Lipinski definition) is 2. The van der Waals surface area contributed by atoms with Crippen molar-refractivity contribution in [3.63, 3.8) is 0 Å². The van der Waals surface area contributed by atoms with Crippen LogP contribution in [0.4, 0.5) is 15.8 Å². The van der Waals surface area contributed by atoms with Crippen molar-refractivity contribution in [3.05, 3.63) is 24.0 Å². The number of para-hydroxylation sites is 1. The van der Waals surface area contributed by atoms with Gasteiger partial charge >= 0.3 is 0 Å². The van der Waals surface area contributed by atoms with Gasteiger partial charge in [-0.2, -0.15) is 0 Å². The average molecular weight is 154 g/mol. The summed E-state index contributed by atoms with van der Waals surface area (Å²) in [6.45, 7) is 2.57. The molecule has 0 aliphatic rings. The number of anilines is 2. The Labute approximate surface area is 65.2 Å². The molecule has 2 nitrogen and oxygen atoms in total. The summed E-state index contributed by atoms with van der Waals surface area (Å²) in [5.74, 6) is -0.299. The number of halogens is 1. The molecule has 0 fully saturated rings. The van der Waals surface area contributed by atoms with Gasteiger partial charge < -0.3 is 11.1 Å². The molecule has 0 heterocycles. The summed E-state index contributed by atoms with van der Waals surface area (Å²) in [6.07, 6.45) is 0. The number of benzene rings is 1. The predicted octanol–water partition coefficient (Wildman–Crippen LogP) is 1.84. The van der Waals surface area contributed by atoms with Crippen LogP contribution in [0, 0.1) is 5.82 Å². The van der Waals surface area contributed by atoms with Crippen molar-refractivity contribution in [2.24, 2.45) is 0 Å². The van der Waals surface area contributed by atoms with Crippen LogP contribution < -0.4 is 11.1 Å².